The van der Waals surface area contributed by atoms with Crippen molar-refractivity contribution in [2.45, 2.75) is 26.7 Å². The lowest BCUT2D eigenvalue weighted by molar-refractivity contribution is 0.331. The number of nitrogens with one attached hydrogen (secondary N) is 2. The predicted molar refractivity (Wildman–Crippen MR) is 117 cm³/mol. The molecule has 2 aromatic carbocycles. The molecule has 3 rings (SSSR count). The molecule has 0 fully saturated rings. The molecule has 2 N–H and O–H groups in total. The van der Waals surface area contributed by atoms with Crippen molar-refractivity contribution in [1.82, 2.24) is 9.97 Å². The van der Waals surface area contributed by atoms with Crippen LogP contribution in [-0.2, 0) is 12.8 Å². The first-order valence-corrected chi connectivity index (χ1v) is 9.95. The molecule has 0 aliphatic carbocycles. The zero-order valence-corrected chi connectivity index (χ0v) is 17.2. The molecule has 0 radical (unpaired) electrons. The van der Waals surface area contributed by atoms with Gasteiger partial charge in [-0.3, -0.25) is 0 Å². The highest BCUT2D eigenvalue weighted by Crippen LogP contribution is 2.25. The lowest BCUT2D eigenvalue weighted by Crippen LogP contribution is -2.13. The van der Waals surface area contributed by atoms with Gasteiger partial charge in [-0.15, -0.1) is 0 Å². The monoisotopic (exact) mass is 392 g/mol. The lowest BCUT2D eigenvalue weighted by atomic mass is 10.0. The van der Waals surface area contributed by atoms with Crippen molar-refractivity contribution in [3.05, 3.63) is 65.9 Å². The van der Waals surface area contributed by atoms with Gasteiger partial charge in [0.2, 0.25) is 5.95 Å². The van der Waals surface area contributed by atoms with Crippen molar-refractivity contribution in [2.24, 2.45) is 0 Å². The van der Waals surface area contributed by atoms with Crippen LogP contribution in [0.15, 0.2) is 54.7 Å². The molecular formula is C23H28N4O2. The van der Waals surface area contributed by atoms with Crippen LogP contribution < -0.4 is 20.1 Å². The second-order valence-corrected chi connectivity index (χ2v) is 6.50. The molecule has 29 heavy (non-hydrogen) atoms. The minimum atomic E-state index is 0.526. The van der Waals surface area contributed by atoms with Crippen LogP contribution in [0.5, 0.6) is 11.5 Å². The van der Waals surface area contributed by atoms with E-state index in [1.165, 1.54) is 11.1 Å². The molecule has 152 valence electrons. The molecule has 0 spiro atoms. The van der Waals surface area contributed by atoms with Gasteiger partial charge in [0, 0.05) is 11.9 Å². The average molecular weight is 393 g/mol. The Bertz CT molecular complexity index is 891. The Balaban J connectivity index is 1.57. The van der Waals surface area contributed by atoms with Gasteiger partial charge >= 0.3 is 0 Å². The fraction of sp³-hybridized carbons (Fsp3) is 0.304. The van der Waals surface area contributed by atoms with Crippen LogP contribution in [0.3, 0.4) is 0 Å². The summed E-state index contributed by atoms with van der Waals surface area (Å²) in [6, 6.07) is 15.8. The molecule has 1 heterocycles. The van der Waals surface area contributed by atoms with Gasteiger partial charge < -0.3 is 20.1 Å². The minimum Gasteiger partial charge on any atom is -0.497 e. The van der Waals surface area contributed by atoms with E-state index in [2.05, 4.69) is 52.6 Å². The lowest BCUT2D eigenvalue weighted by Gasteiger charge is -2.15. The van der Waals surface area contributed by atoms with E-state index in [9.17, 15) is 0 Å². The number of methoxy groups -OCH3 is 1. The summed E-state index contributed by atoms with van der Waals surface area (Å²) in [5.74, 6) is 2.96. The van der Waals surface area contributed by atoms with Crippen LogP contribution in [0.2, 0.25) is 0 Å². The number of aryl methyl sites for hydroxylation is 2. The predicted octanol–water partition coefficient (Wildman–Crippen LogP) is 4.84. The van der Waals surface area contributed by atoms with E-state index in [1.807, 2.05) is 30.3 Å². The van der Waals surface area contributed by atoms with Gasteiger partial charge in [0.1, 0.15) is 23.9 Å². The first kappa shape index (κ1) is 20.5. The van der Waals surface area contributed by atoms with E-state index in [-0.39, 0.29) is 0 Å². The quantitative estimate of drug-likeness (QED) is 0.481. The Kier molecular flexibility index (Phi) is 7.28. The second kappa shape index (κ2) is 10.3. The second-order valence-electron chi connectivity index (χ2n) is 6.50. The molecule has 0 saturated carbocycles. The highest BCUT2D eigenvalue weighted by atomic mass is 16.5. The summed E-state index contributed by atoms with van der Waals surface area (Å²) >= 11 is 0. The topological polar surface area (TPSA) is 68.3 Å². The number of ether oxygens (including phenoxy) is 2. The molecular weight excluding hydrogens is 364 g/mol. The van der Waals surface area contributed by atoms with Crippen molar-refractivity contribution >= 4 is 17.5 Å². The zero-order chi connectivity index (χ0) is 20.5. The van der Waals surface area contributed by atoms with Gasteiger partial charge in [0.15, 0.2) is 0 Å². The number of benzene rings is 2. The van der Waals surface area contributed by atoms with E-state index < -0.39 is 0 Å². The Morgan fingerprint density at radius 1 is 0.897 bits per heavy atom. The van der Waals surface area contributed by atoms with Crippen molar-refractivity contribution in [1.29, 1.82) is 0 Å². The van der Waals surface area contributed by atoms with E-state index >= 15 is 0 Å². The fourth-order valence-corrected chi connectivity index (χ4v) is 3.05. The Labute approximate surface area is 172 Å². The molecule has 0 saturated heterocycles. The van der Waals surface area contributed by atoms with Crippen molar-refractivity contribution < 1.29 is 9.47 Å². The van der Waals surface area contributed by atoms with Gasteiger partial charge in [-0.2, -0.15) is 4.98 Å². The molecule has 6 heteroatoms. The minimum absolute atomic E-state index is 0.526. The van der Waals surface area contributed by atoms with Gasteiger partial charge in [0.05, 0.1) is 13.7 Å². The third kappa shape index (κ3) is 5.60. The maximum absolute atomic E-state index is 5.74. The Morgan fingerprint density at radius 2 is 1.59 bits per heavy atom. The molecule has 0 unspecified atom stereocenters. The Morgan fingerprint density at radius 3 is 2.24 bits per heavy atom. The number of hydrogen-bond donors (Lipinski definition) is 2. The first-order chi connectivity index (χ1) is 14.2. The van der Waals surface area contributed by atoms with Crippen LogP contribution in [0.1, 0.15) is 25.0 Å². The summed E-state index contributed by atoms with van der Waals surface area (Å²) in [5.41, 5.74) is 3.64. The summed E-state index contributed by atoms with van der Waals surface area (Å²) < 4.78 is 10.9. The maximum atomic E-state index is 5.74. The summed E-state index contributed by atoms with van der Waals surface area (Å²) in [6.45, 7) is 5.47. The molecule has 0 amide bonds. The molecule has 1 aromatic heterocycles. The third-order valence-electron chi connectivity index (χ3n) is 4.63. The summed E-state index contributed by atoms with van der Waals surface area (Å²) in [7, 11) is 1.65. The van der Waals surface area contributed by atoms with Crippen LogP contribution in [-0.4, -0.2) is 30.2 Å². The highest BCUT2D eigenvalue weighted by molar-refractivity contribution is 5.64. The molecule has 0 bridgehead atoms. The fourth-order valence-electron chi connectivity index (χ4n) is 3.05. The summed E-state index contributed by atoms with van der Waals surface area (Å²) in [6.07, 6.45) is 3.66. The van der Waals surface area contributed by atoms with Crippen LogP contribution in [0.25, 0.3) is 0 Å². The number of anilines is 3. The van der Waals surface area contributed by atoms with Crippen molar-refractivity contribution in [3.63, 3.8) is 0 Å². The molecule has 0 aliphatic heterocycles. The SMILES string of the molecule is CCc1cccc(CC)c1Nc1nccc(NCCOc2ccc(OC)cc2)n1. The molecule has 6 nitrogen and oxygen atoms in total. The van der Waals surface area contributed by atoms with Crippen LogP contribution in [0, 0.1) is 0 Å². The van der Waals surface area contributed by atoms with Crippen molar-refractivity contribution in [2.75, 3.05) is 30.9 Å². The van der Waals surface area contributed by atoms with Crippen molar-refractivity contribution in [3.8, 4) is 11.5 Å². The third-order valence-corrected chi connectivity index (χ3v) is 4.63. The van der Waals surface area contributed by atoms with E-state index in [0.29, 0.717) is 19.1 Å². The number of rotatable bonds is 10. The van der Waals surface area contributed by atoms with Gasteiger partial charge in [-0.05, 0) is 54.3 Å². The summed E-state index contributed by atoms with van der Waals surface area (Å²) in [4.78, 5) is 8.95. The molecule has 0 atom stereocenters. The smallest absolute Gasteiger partial charge is 0.229 e. The number of aromatic nitrogens is 2. The number of para-hydroxylation sites is 1. The standard InChI is InChI=1S/C23H28N4O2/c1-4-17-7-6-8-18(5-2)22(17)27-23-25-14-13-21(26-23)24-15-16-29-20-11-9-19(28-3)10-12-20/h6-14H,4-5,15-16H2,1-3H3,(H2,24,25,26,27). The zero-order valence-electron chi connectivity index (χ0n) is 17.2. The van der Waals surface area contributed by atoms with E-state index in [1.54, 1.807) is 13.3 Å². The summed E-state index contributed by atoms with van der Waals surface area (Å²) in [5, 5.41) is 6.69. The number of hydrogen-bond acceptors (Lipinski definition) is 6. The van der Waals surface area contributed by atoms with Gasteiger partial charge in [0.25, 0.3) is 0 Å². The molecule has 3 aromatic rings. The molecule has 0 aliphatic rings. The maximum Gasteiger partial charge on any atom is 0.229 e. The first-order valence-electron chi connectivity index (χ1n) is 9.95. The van der Waals surface area contributed by atoms with Gasteiger partial charge in [-0.25, -0.2) is 4.98 Å². The number of nitrogens with zero attached hydrogens (tertiary/aromatic N) is 2. The normalized spacial score (nSPS) is 10.4. The Hall–Kier alpha value is -3.28. The van der Waals surface area contributed by atoms with E-state index in [0.717, 1.165) is 35.8 Å². The van der Waals surface area contributed by atoms with Gasteiger partial charge in [-0.1, -0.05) is 32.0 Å². The highest BCUT2D eigenvalue weighted by Gasteiger charge is 2.08. The van der Waals surface area contributed by atoms with Crippen LogP contribution in [0.4, 0.5) is 17.5 Å². The average Bonchev–Trinajstić information content (AvgIpc) is 2.77. The van der Waals surface area contributed by atoms with E-state index in [4.69, 9.17) is 9.47 Å². The largest absolute Gasteiger partial charge is 0.497 e. The van der Waals surface area contributed by atoms with Crippen LogP contribution >= 0.6 is 0 Å².